The fourth-order valence-corrected chi connectivity index (χ4v) is 6.72. The highest BCUT2D eigenvalue weighted by molar-refractivity contribution is 6.08. The van der Waals surface area contributed by atoms with Gasteiger partial charge in [0.1, 0.15) is 11.5 Å². The summed E-state index contributed by atoms with van der Waals surface area (Å²) in [6.45, 7) is 6.78. The van der Waals surface area contributed by atoms with E-state index >= 15 is 0 Å². The van der Waals surface area contributed by atoms with Crippen molar-refractivity contribution in [2.75, 3.05) is 26.1 Å². The molecule has 0 aromatic heterocycles. The fourth-order valence-electron chi connectivity index (χ4n) is 6.72. The zero-order valence-electron chi connectivity index (χ0n) is 23.8. The lowest BCUT2D eigenvalue weighted by molar-refractivity contribution is 0.415. The minimum Gasteiger partial charge on any atom is -0.507 e. The summed E-state index contributed by atoms with van der Waals surface area (Å²) in [5.74, 6) is 1.19. The van der Waals surface area contributed by atoms with E-state index in [2.05, 4.69) is 86.3 Å². The van der Waals surface area contributed by atoms with Crippen LogP contribution in [-0.4, -0.2) is 26.3 Å². The molecule has 0 spiro atoms. The lowest BCUT2D eigenvalue weighted by Crippen LogP contribution is -2.25. The Balaban J connectivity index is 1.79. The van der Waals surface area contributed by atoms with Crippen LogP contribution in [-0.2, 0) is 5.41 Å². The Labute approximate surface area is 228 Å². The summed E-state index contributed by atoms with van der Waals surface area (Å²) in [7, 11) is 5.84. The first-order valence-electron chi connectivity index (χ1n) is 14.1. The van der Waals surface area contributed by atoms with Crippen LogP contribution in [0.2, 0.25) is 0 Å². The van der Waals surface area contributed by atoms with Gasteiger partial charge in [-0.15, -0.1) is 0 Å². The van der Waals surface area contributed by atoms with Gasteiger partial charge in [0.25, 0.3) is 0 Å². The van der Waals surface area contributed by atoms with Gasteiger partial charge in [-0.3, -0.25) is 0 Å². The molecule has 0 amide bonds. The Morgan fingerprint density at radius 3 is 2.24 bits per heavy atom. The van der Waals surface area contributed by atoms with Gasteiger partial charge in [-0.2, -0.15) is 0 Å². The summed E-state index contributed by atoms with van der Waals surface area (Å²) in [5, 5.41) is 13.5. The molecule has 3 nitrogen and oxygen atoms in total. The molecule has 198 valence electrons. The second-order valence-corrected chi connectivity index (χ2v) is 11.1. The van der Waals surface area contributed by atoms with Crippen LogP contribution in [0, 0.1) is 6.92 Å². The standard InChI is InChI=1S/C35H41NO2/c1-7-9-10-19-35(18-8-2)29-13-11-12-23(3)33(29)34-28-21-32(38-6)26(20-27(28)31(37)22-30(34)35)24-14-16-25(17-15-24)36(4)5/h11-17,20-22,37H,7-10,18-19H2,1-6H3. The number of fused-ring (bicyclic) bond motifs is 5. The molecule has 0 fully saturated rings. The van der Waals surface area contributed by atoms with Crippen LogP contribution in [0.4, 0.5) is 5.69 Å². The van der Waals surface area contributed by atoms with E-state index < -0.39 is 0 Å². The maximum absolute atomic E-state index is 11.6. The molecule has 0 radical (unpaired) electrons. The van der Waals surface area contributed by atoms with E-state index in [9.17, 15) is 5.11 Å². The second-order valence-electron chi connectivity index (χ2n) is 11.1. The van der Waals surface area contributed by atoms with Gasteiger partial charge < -0.3 is 14.7 Å². The minimum atomic E-state index is -0.0693. The minimum absolute atomic E-state index is 0.0693. The van der Waals surface area contributed by atoms with E-state index in [0.717, 1.165) is 52.6 Å². The summed E-state index contributed by atoms with van der Waals surface area (Å²) in [6.07, 6.45) is 6.91. The largest absolute Gasteiger partial charge is 0.507 e. The molecule has 1 atom stereocenters. The molecule has 0 aliphatic heterocycles. The molecule has 0 bridgehead atoms. The van der Waals surface area contributed by atoms with Crippen molar-refractivity contribution in [2.45, 2.75) is 64.7 Å². The van der Waals surface area contributed by atoms with Crippen molar-refractivity contribution in [3.63, 3.8) is 0 Å². The van der Waals surface area contributed by atoms with Crippen LogP contribution in [0.25, 0.3) is 33.0 Å². The zero-order chi connectivity index (χ0) is 27.0. The van der Waals surface area contributed by atoms with Crippen LogP contribution < -0.4 is 9.64 Å². The number of nitrogens with zero attached hydrogens (tertiary/aromatic N) is 1. The smallest absolute Gasteiger partial charge is 0.127 e. The van der Waals surface area contributed by atoms with Crippen LogP contribution >= 0.6 is 0 Å². The number of methoxy groups -OCH3 is 1. The molecule has 4 aromatic rings. The monoisotopic (exact) mass is 507 g/mol. The molecule has 3 heteroatoms. The summed E-state index contributed by atoms with van der Waals surface area (Å²) < 4.78 is 5.99. The summed E-state index contributed by atoms with van der Waals surface area (Å²) in [6, 6.07) is 21.6. The third-order valence-corrected chi connectivity index (χ3v) is 8.57. The van der Waals surface area contributed by atoms with Crippen molar-refractivity contribution in [1.29, 1.82) is 0 Å². The van der Waals surface area contributed by atoms with E-state index in [1.807, 2.05) is 14.1 Å². The molecular formula is C35H41NO2. The predicted octanol–water partition coefficient (Wildman–Crippen LogP) is 9.24. The summed E-state index contributed by atoms with van der Waals surface area (Å²) >= 11 is 0. The number of hydrogen-bond donors (Lipinski definition) is 1. The predicted molar refractivity (Wildman–Crippen MR) is 162 cm³/mol. The van der Waals surface area contributed by atoms with Crippen LogP contribution in [0.3, 0.4) is 0 Å². The Kier molecular flexibility index (Phi) is 7.13. The van der Waals surface area contributed by atoms with Crippen molar-refractivity contribution in [1.82, 2.24) is 0 Å². The second kappa shape index (κ2) is 10.4. The first kappa shape index (κ1) is 26.2. The molecule has 1 aliphatic rings. The van der Waals surface area contributed by atoms with Crippen molar-refractivity contribution >= 4 is 16.5 Å². The van der Waals surface area contributed by atoms with Gasteiger partial charge in [-0.25, -0.2) is 0 Å². The van der Waals surface area contributed by atoms with Crippen molar-refractivity contribution < 1.29 is 9.84 Å². The van der Waals surface area contributed by atoms with Gasteiger partial charge in [0.2, 0.25) is 0 Å². The van der Waals surface area contributed by atoms with Gasteiger partial charge in [-0.1, -0.05) is 69.9 Å². The molecule has 38 heavy (non-hydrogen) atoms. The molecule has 0 saturated carbocycles. The highest BCUT2D eigenvalue weighted by Crippen LogP contribution is 2.58. The topological polar surface area (TPSA) is 32.7 Å². The van der Waals surface area contributed by atoms with E-state index in [1.54, 1.807) is 7.11 Å². The average Bonchev–Trinajstić information content (AvgIpc) is 3.19. The number of anilines is 1. The number of phenols is 1. The van der Waals surface area contributed by atoms with Gasteiger partial charge in [0.15, 0.2) is 0 Å². The number of phenolic OH excluding ortho intramolecular Hbond substituents is 1. The number of hydrogen-bond acceptors (Lipinski definition) is 3. The number of benzene rings is 4. The normalized spacial score (nSPS) is 15.9. The highest BCUT2D eigenvalue weighted by atomic mass is 16.5. The van der Waals surface area contributed by atoms with Crippen LogP contribution in [0.1, 0.15) is 69.1 Å². The number of aryl methyl sites for hydroxylation is 1. The molecular weight excluding hydrogens is 466 g/mol. The Hall–Kier alpha value is -3.46. The molecule has 1 N–H and O–H groups in total. The molecule has 1 aliphatic carbocycles. The van der Waals surface area contributed by atoms with Crippen LogP contribution in [0.5, 0.6) is 11.5 Å². The maximum atomic E-state index is 11.6. The maximum Gasteiger partial charge on any atom is 0.127 e. The van der Waals surface area contributed by atoms with Crippen molar-refractivity contribution in [3.8, 4) is 33.8 Å². The average molecular weight is 508 g/mol. The Morgan fingerprint density at radius 1 is 0.816 bits per heavy atom. The fraction of sp³-hybridized carbons (Fsp3) is 0.371. The number of unbranched alkanes of at least 4 members (excludes halogenated alkanes) is 2. The SMILES string of the molecule is CCCCCC1(CCC)c2cccc(C)c2-c2c1cc(O)c1cc(-c3ccc(N(C)C)cc3)c(OC)cc21. The highest BCUT2D eigenvalue weighted by Gasteiger charge is 2.44. The number of rotatable bonds is 9. The van der Waals surface area contributed by atoms with Crippen molar-refractivity contribution in [3.05, 3.63) is 77.4 Å². The Morgan fingerprint density at radius 2 is 1.58 bits per heavy atom. The lowest BCUT2D eigenvalue weighted by Gasteiger charge is -2.32. The summed E-state index contributed by atoms with van der Waals surface area (Å²) in [5.41, 5.74) is 9.79. The third-order valence-electron chi connectivity index (χ3n) is 8.57. The van der Waals surface area contributed by atoms with Gasteiger partial charge in [0.05, 0.1) is 7.11 Å². The number of aromatic hydroxyl groups is 1. The van der Waals surface area contributed by atoms with Gasteiger partial charge in [0, 0.05) is 36.1 Å². The third kappa shape index (κ3) is 4.13. The van der Waals surface area contributed by atoms with E-state index in [4.69, 9.17) is 4.74 Å². The Bertz CT molecular complexity index is 1470. The molecule has 1 unspecified atom stereocenters. The number of ether oxygens (including phenoxy) is 1. The molecule has 5 rings (SSSR count). The van der Waals surface area contributed by atoms with Gasteiger partial charge >= 0.3 is 0 Å². The first-order chi connectivity index (χ1) is 18.4. The molecule has 4 aromatic carbocycles. The van der Waals surface area contributed by atoms with E-state index in [1.165, 1.54) is 47.1 Å². The van der Waals surface area contributed by atoms with Crippen LogP contribution in [0.15, 0.2) is 60.7 Å². The first-order valence-corrected chi connectivity index (χ1v) is 14.1. The molecule has 0 heterocycles. The van der Waals surface area contributed by atoms with E-state index in [0.29, 0.717) is 5.75 Å². The summed E-state index contributed by atoms with van der Waals surface area (Å²) in [4.78, 5) is 2.10. The molecule has 0 saturated heterocycles. The lowest BCUT2D eigenvalue weighted by atomic mass is 9.70. The zero-order valence-corrected chi connectivity index (χ0v) is 23.8. The van der Waals surface area contributed by atoms with Crippen molar-refractivity contribution in [2.24, 2.45) is 0 Å². The van der Waals surface area contributed by atoms with Gasteiger partial charge in [-0.05, 0) is 88.9 Å². The van der Waals surface area contributed by atoms with E-state index in [-0.39, 0.29) is 5.41 Å². The quantitative estimate of drug-likeness (QED) is 0.229.